The van der Waals surface area contributed by atoms with E-state index in [1.54, 1.807) is 18.2 Å². The molecule has 36 heavy (non-hydrogen) atoms. The summed E-state index contributed by atoms with van der Waals surface area (Å²) < 4.78 is 6.52. The summed E-state index contributed by atoms with van der Waals surface area (Å²) in [5.41, 5.74) is 0.245. The number of benzene rings is 2. The number of likely N-dealkylation sites (tertiary alicyclic amines) is 1. The Balaban J connectivity index is 1.28. The fourth-order valence-corrected chi connectivity index (χ4v) is 8.31. The van der Waals surface area contributed by atoms with Crippen LogP contribution in [0.3, 0.4) is 0 Å². The largest absolute Gasteiger partial charge is 0.507 e. The molecule has 5 atom stereocenters. The summed E-state index contributed by atoms with van der Waals surface area (Å²) in [5.74, 6) is -0.0745. The van der Waals surface area contributed by atoms with Gasteiger partial charge in [0.2, 0.25) is 0 Å². The van der Waals surface area contributed by atoms with E-state index in [-0.39, 0.29) is 28.7 Å². The van der Waals surface area contributed by atoms with E-state index < -0.39 is 35.0 Å². The number of imide groups is 1. The van der Waals surface area contributed by atoms with E-state index in [2.05, 4.69) is 4.90 Å². The predicted molar refractivity (Wildman–Crippen MR) is 127 cm³/mol. The molecule has 3 fully saturated rings. The highest BCUT2D eigenvalue weighted by Gasteiger charge is 2.74. The number of hydrogen-bond acceptors (Lipinski definition) is 7. The molecule has 2 amide bonds. The van der Waals surface area contributed by atoms with Crippen molar-refractivity contribution in [3.8, 4) is 17.2 Å². The lowest BCUT2D eigenvalue weighted by molar-refractivity contribution is -0.196. The zero-order valence-electron chi connectivity index (χ0n) is 19.8. The van der Waals surface area contributed by atoms with Crippen LogP contribution in [-0.2, 0) is 11.8 Å². The molecular weight excluding hydrogens is 460 g/mol. The molecule has 2 bridgehead atoms. The number of nitrogens with zero attached hydrogens (tertiary/aromatic N) is 2. The average molecular weight is 489 g/mol. The normalized spacial score (nSPS) is 36.0. The Morgan fingerprint density at radius 2 is 1.83 bits per heavy atom. The van der Waals surface area contributed by atoms with Crippen LogP contribution < -0.4 is 4.74 Å². The van der Waals surface area contributed by atoms with Crippen molar-refractivity contribution in [2.75, 3.05) is 13.1 Å². The van der Waals surface area contributed by atoms with Gasteiger partial charge in [0.1, 0.15) is 11.9 Å². The van der Waals surface area contributed by atoms with E-state index >= 15 is 0 Å². The van der Waals surface area contributed by atoms with Crippen LogP contribution >= 0.6 is 0 Å². The molecule has 8 nitrogen and oxygen atoms in total. The number of rotatable bonds is 3. The van der Waals surface area contributed by atoms with E-state index in [9.17, 15) is 24.9 Å². The second kappa shape index (κ2) is 6.61. The Kier molecular flexibility index (Phi) is 3.86. The molecule has 1 saturated heterocycles. The zero-order chi connectivity index (χ0) is 24.6. The highest BCUT2D eigenvalue weighted by atomic mass is 16.5. The SMILES string of the molecule is O=C1c2cccc(O)c2C(=O)N1[C@@H]1CC[C@@]2(O)[C@@H]3Cc4ccc(O)c5c4[C@@]2(CCN3CC2CC2)[C@H]1O5. The van der Waals surface area contributed by atoms with Gasteiger partial charge in [0.05, 0.1) is 28.2 Å². The summed E-state index contributed by atoms with van der Waals surface area (Å²) in [6.45, 7) is 1.78. The lowest BCUT2D eigenvalue weighted by atomic mass is 9.48. The van der Waals surface area contributed by atoms with Gasteiger partial charge in [-0.3, -0.25) is 19.4 Å². The van der Waals surface area contributed by atoms with Gasteiger partial charge in [-0.2, -0.15) is 0 Å². The molecule has 3 N–H and O–H groups in total. The summed E-state index contributed by atoms with van der Waals surface area (Å²) in [7, 11) is 0. The minimum absolute atomic E-state index is 0.0255. The molecule has 6 aliphatic rings. The molecule has 1 spiro atoms. The standard InChI is InChI=1S/C28H28N2O6/c31-18-3-1-2-16-21(18)26(34)30(25(16)33)17-8-9-28(35)20-12-15-6-7-19(32)23-22(15)27(28,24(17)36-23)10-11-29(20)13-14-4-5-14/h1-3,6-7,14,17,20,24,31-32,35H,4-5,8-13H2/t17-,20+,24+,27+,28-/m1/s1. The van der Waals surface area contributed by atoms with E-state index in [4.69, 9.17) is 4.74 Å². The summed E-state index contributed by atoms with van der Waals surface area (Å²) in [4.78, 5) is 30.7. The van der Waals surface area contributed by atoms with E-state index in [0.29, 0.717) is 37.4 Å². The monoisotopic (exact) mass is 488 g/mol. The number of ether oxygens (including phenoxy) is 1. The molecule has 8 rings (SSSR count). The molecule has 0 unspecified atom stereocenters. The fraction of sp³-hybridized carbons (Fsp3) is 0.500. The van der Waals surface area contributed by atoms with Crippen LogP contribution in [0.4, 0.5) is 0 Å². The van der Waals surface area contributed by atoms with Crippen LogP contribution in [-0.4, -0.2) is 73.8 Å². The first kappa shape index (κ1) is 21.0. The third-order valence-electron chi connectivity index (χ3n) is 9.99. The minimum Gasteiger partial charge on any atom is -0.507 e. The third kappa shape index (κ3) is 2.29. The number of aliphatic hydroxyl groups is 1. The van der Waals surface area contributed by atoms with Crippen molar-refractivity contribution in [2.45, 2.75) is 67.7 Å². The molecule has 2 aromatic rings. The second-order valence-corrected chi connectivity index (χ2v) is 11.6. The molecule has 2 aromatic carbocycles. The second-order valence-electron chi connectivity index (χ2n) is 11.6. The third-order valence-corrected chi connectivity index (χ3v) is 9.99. The zero-order valence-corrected chi connectivity index (χ0v) is 19.8. The lowest BCUT2D eigenvalue weighted by Crippen LogP contribution is -2.78. The number of carbonyl (C=O) groups excluding carboxylic acids is 2. The van der Waals surface area contributed by atoms with Crippen molar-refractivity contribution >= 4 is 11.8 Å². The Bertz CT molecular complexity index is 1370. The first-order chi connectivity index (χ1) is 17.3. The fourth-order valence-electron chi connectivity index (χ4n) is 8.31. The van der Waals surface area contributed by atoms with Gasteiger partial charge in [-0.15, -0.1) is 0 Å². The topological polar surface area (TPSA) is 111 Å². The van der Waals surface area contributed by atoms with Crippen molar-refractivity contribution in [2.24, 2.45) is 5.92 Å². The number of piperidine rings is 1. The number of aromatic hydroxyl groups is 2. The van der Waals surface area contributed by atoms with Crippen molar-refractivity contribution in [3.63, 3.8) is 0 Å². The summed E-state index contributed by atoms with van der Waals surface area (Å²) >= 11 is 0. The number of phenols is 2. The Morgan fingerprint density at radius 1 is 1.00 bits per heavy atom. The number of amides is 2. The van der Waals surface area contributed by atoms with Gasteiger partial charge in [-0.25, -0.2) is 0 Å². The maximum atomic E-state index is 13.5. The predicted octanol–water partition coefficient (Wildman–Crippen LogP) is 2.33. The Labute approximate surface area is 208 Å². The van der Waals surface area contributed by atoms with Gasteiger partial charge in [0, 0.05) is 18.2 Å². The maximum Gasteiger partial charge on any atom is 0.265 e. The first-order valence-corrected chi connectivity index (χ1v) is 13.0. The van der Waals surface area contributed by atoms with Crippen LogP contribution in [0.2, 0.25) is 0 Å². The van der Waals surface area contributed by atoms with E-state index in [1.165, 1.54) is 23.8 Å². The van der Waals surface area contributed by atoms with Crippen LogP contribution in [0.25, 0.3) is 0 Å². The minimum atomic E-state index is -1.09. The van der Waals surface area contributed by atoms with Crippen molar-refractivity contribution in [1.82, 2.24) is 9.80 Å². The van der Waals surface area contributed by atoms with Crippen molar-refractivity contribution < 1.29 is 29.6 Å². The van der Waals surface area contributed by atoms with Crippen LogP contribution in [0.5, 0.6) is 17.2 Å². The molecular formula is C28H28N2O6. The Morgan fingerprint density at radius 3 is 2.61 bits per heavy atom. The quantitative estimate of drug-likeness (QED) is 0.569. The molecule has 3 heterocycles. The van der Waals surface area contributed by atoms with Gasteiger partial charge in [0.15, 0.2) is 11.5 Å². The van der Waals surface area contributed by atoms with E-state index in [1.807, 2.05) is 6.07 Å². The highest BCUT2D eigenvalue weighted by molar-refractivity contribution is 6.22. The number of carbonyl (C=O) groups is 2. The van der Waals surface area contributed by atoms with Crippen molar-refractivity contribution in [3.05, 3.63) is 52.6 Å². The first-order valence-electron chi connectivity index (χ1n) is 13.0. The Hall–Kier alpha value is -3.10. The summed E-state index contributed by atoms with van der Waals surface area (Å²) in [5, 5.41) is 33.8. The number of hydrogen-bond donors (Lipinski definition) is 3. The van der Waals surface area contributed by atoms with Crippen LogP contribution in [0.1, 0.15) is 63.9 Å². The van der Waals surface area contributed by atoms with Crippen molar-refractivity contribution in [1.29, 1.82) is 0 Å². The van der Waals surface area contributed by atoms with Gasteiger partial charge >= 0.3 is 0 Å². The van der Waals surface area contributed by atoms with Gasteiger partial charge in [-0.1, -0.05) is 12.1 Å². The summed E-state index contributed by atoms with van der Waals surface area (Å²) in [6.07, 6.45) is 3.95. The summed E-state index contributed by atoms with van der Waals surface area (Å²) in [6, 6.07) is 7.45. The highest BCUT2D eigenvalue weighted by Crippen LogP contribution is 2.66. The molecule has 2 saturated carbocycles. The van der Waals surface area contributed by atoms with Crippen LogP contribution in [0.15, 0.2) is 30.3 Å². The molecule has 8 heteroatoms. The smallest absolute Gasteiger partial charge is 0.265 e. The average Bonchev–Trinajstić information content (AvgIpc) is 3.54. The molecule has 3 aliphatic carbocycles. The van der Waals surface area contributed by atoms with E-state index in [0.717, 1.165) is 24.2 Å². The molecule has 186 valence electrons. The van der Waals surface area contributed by atoms with Gasteiger partial charge < -0.3 is 20.1 Å². The maximum absolute atomic E-state index is 13.5. The lowest BCUT2D eigenvalue weighted by Gasteiger charge is -2.64. The van der Waals surface area contributed by atoms with Gasteiger partial charge in [0.25, 0.3) is 11.8 Å². The number of fused-ring (bicyclic) bond motifs is 1. The molecule has 0 radical (unpaired) electrons. The molecule has 3 aliphatic heterocycles. The van der Waals surface area contributed by atoms with Crippen LogP contribution in [0, 0.1) is 5.92 Å². The van der Waals surface area contributed by atoms with Gasteiger partial charge in [-0.05, 0) is 74.8 Å². The number of phenolic OH excluding ortho intramolecular Hbond substituents is 2. The molecule has 0 aromatic heterocycles.